The fourth-order valence-corrected chi connectivity index (χ4v) is 2.91. The first-order chi connectivity index (χ1) is 6.80. The Labute approximate surface area is 89.1 Å². The maximum Gasteiger partial charge on any atom is 0.0987 e. The highest BCUT2D eigenvalue weighted by Crippen LogP contribution is 2.46. The zero-order valence-electron chi connectivity index (χ0n) is 7.95. The molecule has 2 aliphatic rings. The molecule has 0 radical (unpaired) electrons. The fraction of sp³-hybridized carbons (Fsp3) is 0.417. The SMILES string of the molecule is S=C1CCC2(C1)OCc1ccccc12. The van der Waals surface area contributed by atoms with Gasteiger partial charge in [0, 0.05) is 6.42 Å². The van der Waals surface area contributed by atoms with Gasteiger partial charge < -0.3 is 4.74 Å². The highest BCUT2D eigenvalue weighted by molar-refractivity contribution is 7.80. The van der Waals surface area contributed by atoms with Crippen molar-refractivity contribution in [2.24, 2.45) is 0 Å². The molecule has 2 heteroatoms. The van der Waals surface area contributed by atoms with Crippen LogP contribution in [0.25, 0.3) is 0 Å². The molecular weight excluding hydrogens is 192 g/mol. The van der Waals surface area contributed by atoms with Crippen molar-refractivity contribution in [3.05, 3.63) is 35.4 Å². The van der Waals surface area contributed by atoms with Gasteiger partial charge in [0.25, 0.3) is 0 Å². The van der Waals surface area contributed by atoms with Crippen LogP contribution in [0.1, 0.15) is 30.4 Å². The average Bonchev–Trinajstić information content (AvgIpc) is 2.75. The molecule has 1 aliphatic carbocycles. The predicted molar refractivity (Wildman–Crippen MR) is 59.4 cm³/mol. The van der Waals surface area contributed by atoms with Crippen LogP contribution in [-0.4, -0.2) is 4.86 Å². The van der Waals surface area contributed by atoms with E-state index < -0.39 is 0 Å². The van der Waals surface area contributed by atoms with Crippen molar-refractivity contribution in [3.63, 3.8) is 0 Å². The molecule has 1 saturated carbocycles. The van der Waals surface area contributed by atoms with Gasteiger partial charge in [0.15, 0.2) is 0 Å². The highest BCUT2D eigenvalue weighted by atomic mass is 32.1. The summed E-state index contributed by atoms with van der Waals surface area (Å²) in [5, 5.41) is 0. The first kappa shape index (κ1) is 8.57. The van der Waals surface area contributed by atoms with Gasteiger partial charge in [-0.3, -0.25) is 0 Å². The molecule has 1 unspecified atom stereocenters. The van der Waals surface area contributed by atoms with Crippen molar-refractivity contribution in [1.29, 1.82) is 0 Å². The normalized spacial score (nSPS) is 29.9. The number of rotatable bonds is 0. The summed E-state index contributed by atoms with van der Waals surface area (Å²) < 4.78 is 5.95. The molecule has 1 aromatic rings. The van der Waals surface area contributed by atoms with Crippen LogP contribution in [0.4, 0.5) is 0 Å². The molecule has 1 aromatic carbocycles. The summed E-state index contributed by atoms with van der Waals surface area (Å²) >= 11 is 5.28. The Balaban J connectivity index is 2.09. The summed E-state index contributed by atoms with van der Waals surface area (Å²) in [6.45, 7) is 0.763. The van der Waals surface area contributed by atoms with E-state index in [2.05, 4.69) is 24.3 Å². The molecule has 0 N–H and O–H groups in total. The molecule has 1 atom stereocenters. The summed E-state index contributed by atoms with van der Waals surface area (Å²) in [5.74, 6) is 0. The zero-order valence-corrected chi connectivity index (χ0v) is 8.77. The van der Waals surface area contributed by atoms with E-state index in [0.717, 1.165) is 25.9 Å². The molecule has 0 bridgehead atoms. The second kappa shape index (κ2) is 2.88. The van der Waals surface area contributed by atoms with Crippen LogP contribution in [0.15, 0.2) is 24.3 Å². The van der Waals surface area contributed by atoms with E-state index in [1.54, 1.807) is 0 Å². The monoisotopic (exact) mass is 204 g/mol. The van der Waals surface area contributed by atoms with Gasteiger partial charge in [0.2, 0.25) is 0 Å². The second-order valence-electron chi connectivity index (χ2n) is 4.16. The first-order valence-corrected chi connectivity index (χ1v) is 5.45. The Morgan fingerprint density at radius 2 is 2.14 bits per heavy atom. The number of thiocarbonyl (C=S) groups is 1. The summed E-state index contributed by atoms with van der Waals surface area (Å²) in [7, 11) is 0. The molecule has 0 amide bonds. The van der Waals surface area contributed by atoms with Gasteiger partial charge >= 0.3 is 0 Å². The third kappa shape index (κ3) is 1.07. The minimum absolute atomic E-state index is 0.0479. The average molecular weight is 204 g/mol. The van der Waals surface area contributed by atoms with Crippen molar-refractivity contribution in [2.75, 3.05) is 0 Å². The van der Waals surface area contributed by atoms with Crippen molar-refractivity contribution in [3.8, 4) is 0 Å². The molecule has 1 heterocycles. The Kier molecular flexibility index (Phi) is 1.76. The second-order valence-corrected chi connectivity index (χ2v) is 4.73. The van der Waals surface area contributed by atoms with Gasteiger partial charge in [0.1, 0.15) is 0 Å². The Morgan fingerprint density at radius 1 is 1.29 bits per heavy atom. The zero-order chi connectivity index (χ0) is 9.60. The van der Waals surface area contributed by atoms with Crippen LogP contribution in [-0.2, 0) is 16.9 Å². The third-order valence-electron chi connectivity index (χ3n) is 3.30. The minimum Gasteiger partial charge on any atom is -0.365 e. The van der Waals surface area contributed by atoms with Gasteiger partial charge in [-0.1, -0.05) is 36.5 Å². The predicted octanol–water partition coefficient (Wildman–Crippen LogP) is 2.97. The molecule has 72 valence electrons. The van der Waals surface area contributed by atoms with Gasteiger partial charge in [-0.15, -0.1) is 0 Å². The van der Waals surface area contributed by atoms with Crippen molar-refractivity contribution in [2.45, 2.75) is 31.5 Å². The lowest BCUT2D eigenvalue weighted by Crippen LogP contribution is -2.20. The maximum absolute atomic E-state index is 5.95. The highest BCUT2D eigenvalue weighted by Gasteiger charge is 2.43. The lowest BCUT2D eigenvalue weighted by atomic mass is 9.91. The summed E-state index contributed by atoms with van der Waals surface area (Å²) in [6, 6.07) is 8.52. The third-order valence-corrected chi connectivity index (χ3v) is 3.65. The van der Waals surface area contributed by atoms with Crippen molar-refractivity contribution in [1.82, 2.24) is 0 Å². The molecule has 14 heavy (non-hydrogen) atoms. The van der Waals surface area contributed by atoms with Gasteiger partial charge in [-0.25, -0.2) is 0 Å². The summed E-state index contributed by atoms with van der Waals surface area (Å²) in [6.07, 6.45) is 3.06. The van der Waals surface area contributed by atoms with E-state index in [1.165, 1.54) is 16.0 Å². The van der Waals surface area contributed by atoms with E-state index in [9.17, 15) is 0 Å². The van der Waals surface area contributed by atoms with Crippen molar-refractivity contribution < 1.29 is 4.74 Å². The molecule has 3 rings (SSSR count). The molecule has 1 nitrogen and oxygen atoms in total. The Morgan fingerprint density at radius 3 is 2.93 bits per heavy atom. The Bertz CT molecular complexity index is 399. The fourth-order valence-electron chi connectivity index (χ4n) is 2.57. The lowest BCUT2D eigenvalue weighted by Gasteiger charge is -2.22. The molecule has 1 aliphatic heterocycles. The van der Waals surface area contributed by atoms with Crippen LogP contribution < -0.4 is 0 Å². The van der Waals surface area contributed by atoms with E-state index in [0.29, 0.717) is 0 Å². The number of benzene rings is 1. The van der Waals surface area contributed by atoms with E-state index in [-0.39, 0.29) is 5.60 Å². The molecule has 1 fully saturated rings. The Hall–Kier alpha value is -0.730. The topological polar surface area (TPSA) is 9.23 Å². The van der Waals surface area contributed by atoms with Gasteiger partial charge in [0.05, 0.1) is 12.2 Å². The van der Waals surface area contributed by atoms with Crippen LogP contribution in [0, 0.1) is 0 Å². The van der Waals surface area contributed by atoms with Crippen LogP contribution in [0.2, 0.25) is 0 Å². The van der Waals surface area contributed by atoms with Gasteiger partial charge in [-0.2, -0.15) is 0 Å². The molecule has 1 spiro atoms. The number of hydrogen-bond acceptors (Lipinski definition) is 2. The van der Waals surface area contributed by atoms with Crippen LogP contribution >= 0.6 is 12.2 Å². The lowest BCUT2D eigenvalue weighted by molar-refractivity contribution is -0.0286. The summed E-state index contributed by atoms with van der Waals surface area (Å²) in [5.41, 5.74) is 2.67. The van der Waals surface area contributed by atoms with Crippen LogP contribution in [0.3, 0.4) is 0 Å². The number of ether oxygens (including phenoxy) is 1. The van der Waals surface area contributed by atoms with Gasteiger partial charge in [-0.05, 0) is 28.8 Å². The number of hydrogen-bond donors (Lipinski definition) is 0. The summed E-state index contributed by atoms with van der Waals surface area (Å²) in [4.78, 5) is 1.17. The molecule has 0 aromatic heterocycles. The molecule has 0 saturated heterocycles. The maximum atomic E-state index is 5.95. The quantitative estimate of drug-likeness (QED) is 0.601. The van der Waals surface area contributed by atoms with Crippen molar-refractivity contribution >= 4 is 17.1 Å². The van der Waals surface area contributed by atoms with E-state index in [4.69, 9.17) is 17.0 Å². The number of fused-ring (bicyclic) bond motifs is 2. The largest absolute Gasteiger partial charge is 0.365 e. The standard InChI is InChI=1S/C12H12OS/c14-10-5-6-12(7-10)11-4-2-1-3-9(11)8-13-12/h1-4H,5-8H2. The minimum atomic E-state index is -0.0479. The smallest absolute Gasteiger partial charge is 0.0987 e. The van der Waals surface area contributed by atoms with Crippen LogP contribution in [0.5, 0.6) is 0 Å². The van der Waals surface area contributed by atoms with E-state index in [1.807, 2.05) is 0 Å². The first-order valence-electron chi connectivity index (χ1n) is 5.04. The van der Waals surface area contributed by atoms with E-state index >= 15 is 0 Å². The molecular formula is C12H12OS.